The number of nitrogens with zero attached hydrogens (tertiary/aromatic N) is 2. The van der Waals surface area contributed by atoms with Crippen molar-refractivity contribution < 1.29 is 9.90 Å². The Labute approximate surface area is 119 Å². The molecular weight excluding hydrogens is 252 g/mol. The maximum absolute atomic E-state index is 11.7. The van der Waals surface area contributed by atoms with Crippen molar-refractivity contribution >= 4 is 11.7 Å². The monoisotopic (exact) mass is 272 g/mol. The van der Waals surface area contributed by atoms with E-state index in [-0.39, 0.29) is 5.41 Å². The molecule has 4 nitrogen and oxygen atoms in total. The highest BCUT2D eigenvalue weighted by Gasteiger charge is 2.43. The Bertz CT molecular complexity index is 572. The van der Waals surface area contributed by atoms with Gasteiger partial charge in [-0.05, 0) is 36.8 Å². The van der Waals surface area contributed by atoms with Gasteiger partial charge in [0.25, 0.3) is 0 Å². The van der Waals surface area contributed by atoms with Gasteiger partial charge in [-0.3, -0.25) is 0 Å². The second kappa shape index (κ2) is 5.16. The average molecular weight is 272 g/mol. The van der Waals surface area contributed by atoms with E-state index in [0.717, 1.165) is 24.1 Å². The molecule has 4 heteroatoms. The topological polar surface area (TPSA) is 64.3 Å². The van der Waals surface area contributed by atoms with Gasteiger partial charge in [0.2, 0.25) is 0 Å². The third-order valence-corrected chi connectivity index (χ3v) is 4.15. The van der Waals surface area contributed by atoms with Gasteiger partial charge in [0.1, 0.15) is 12.1 Å². The molecule has 0 saturated carbocycles. The van der Waals surface area contributed by atoms with Gasteiger partial charge in [-0.2, -0.15) is 5.26 Å². The second-order valence-corrected chi connectivity index (χ2v) is 6.11. The van der Waals surface area contributed by atoms with Crippen molar-refractivity contribution in [2.75, 3.05) is 11.4 Å². The second-order valence-electron chi connectivity index (χ2n) is 6.11. The summed E-state index contributed by atoms with van der Waals surface area (Å²) in [5.41, 5.74) is 1.97. The lowest BCUT2D eigenvalue weighted by Crippen LogP contribution is -2.54. The number of nitriles is 1. The molecule has 1 N–H and O–H groups in total. The molecule has 0 aromatic heterocycles. The first-order chi connectivity index (χ1) is 9.38. The van der Waals surface area contributed by atoms with Gasteiger partial charge < -0.3 is 10.0 Å². The smallest absolute Gasteiger partial charge is 0.326 e. The Morgan fingerprint density at radius 1 is 1.50 bits per heavy atom. The Morgan fingerprint density at radius 3 is 2.80 bits per heavy atom. The zero-order valence-electron chi connectivity index (χ0n) is 12.2. The van der Waals surface area contributed by atoms with Crippen LogP contribution in [0.2, 0.25) is 0 Å². The summed E-state index contributed by atoms with van der Waals surface area (Å²) >= 11 is 0. The number of carboxylic acids is 1. The maximum atomic E-state index is 11.7. The number of para-hydroxylation sites is 1. The molecule has 106 valence electrons. The van der Waals surface area contributed by atoms with Crippen molar-refractivity contribution in [2.24, 2.45) is 5.41 Å². The van der Waals surface area contributed by atoms with Crippen LogP contribution in [-0.2, 0) is 4.79 Å². The van der Waals surface area contributed by atoms with Gasteiger partial charge in [0, 0.05) is 6.54 Å². The number of carbonyl (C=O) groups is 1. The van der Waals surface area contributed by atoms with Crippen LogP contribution in [0.15, 0.2) is 18.2 Å². The molecule has 1 unspecified atom stereocenters. The highest BCUT2D eigenvalue weighted by molar-refractivity contribution is 5.81. The molecule has 1 aliphatic rings. The number of aliphatic carboxylic acids is 1. The number of piperidine rings is 1. The molecule has 0 spiro atoms. The summed E-state index contributed by atoms with van der Waals surface area (Å²) in [6.45, 7) is 6.58. The van der Waals surface area contributed by atoms with E-state index in [1.54, 1.807) is 6.07 Å². The van der Waals surface area contributed by atoms with E-state index >= 15 is 0 Å². The Kier molecular flexibility index (Phi) is 3.71. The van der Waals surface area contributed by atoms with Gasteiger partial charge in [-0.1, -0.05) is 26.0 Å². The number of hydrogen-bond acceptors (Lipinski definition) is 3. The lowest BCUT2D eigenvalue weighted by molar-refractivity contribution is -0.142. The fourth-order valence-corrected chi connectivity index (χ4v) is 3.23. The molecule has 1 saturated heterocycles. The number of rotatable bonds is 2. The summed E-state index contributed by atoms with van der Waals surface area (Å²) in [4.78, 5) is 13.6. The SMILES string of the molecule is Cc1cccc(C#N)c1N1CCCC(C)(C)C1C(=O)O. The molecule has 1 aromatic carbocycles. The van der Waals surface area contributed by atoms with Crippen molar-refractivity contribution in [1.29, 1.82) is 5.26 Å². The van der Waals surface area contributed by atoms with E-state index in [4.69, 9.17) is 0 Å². The van der Waals surface area contributed by atoms with Crippen LogP contribution in [0.25, 0.3) is 0 Å². The van der Waals surface area contributed by atoms with E-state index in [1.807, 2.05) is 37.8 Å². The fourth-order valence-electron chi connectivity index (χ4n) is 3.23. The summed E-state index contributed by atoms with van der Waals surface area (Å²) in [5.74, 6) is -0.818. The fraction of sp³-hybridized carbons (Fsp3) is 0.500. The largest absolute Gasteiger partial charge is 0.480 e. The first kappa shape index (κ1) is 14.4. The first-order valence-electron chi connectivity index (χ1n) is 6.87. The number of aryl methyl sites for hydroxylation is 1. The molecule has 1 atom stereocenters. The van der Waals surface area contributed by atoms with Gasteiger partial charge in [-0.25, -0.2) is 4.79 Å². The van der Waals surface area contributed by atoms with Crippen LogP contribution in [0.5, 0.6) is 0 Å². The van der Waals surface area contributed by atoms with E-state index in [2.05, 4.69) is 6.07 Å². The average Bonchev–Trinajstić information content (AvgIpc) is 2.36. The lowest BCUT2D eigenvalue weighted by Gasteiger charge is -2.46. The van der Waals surface area contributed by atoms with E-state index in [1.165, 1.54) is 0 Å². The summed E-state index contributed by atoms with van der Waals surface area (Å²) in [5, 5.41) is 18.9. The molecule has 2 rings (SSSR count). The molecule has 0 amide bonds. The molecule has 0 aliphatic carbocycles. The standard InChI is InChI=1S/C16H20N2O2/c1-11-6-4-7-12(10-17)13(11)18-9-5-8-16(2,3)14(18)15(19)20/h4,6-7,14H,5,8-9H2,1-3H3,(H,19,20). The molecule has 1 fully saturated rings. The summed E-state index contributed by atoms with van der Waals surface area (Å²) in [7, 11) is 0. The van der Waals surface area contributed by atoms with Crippen LogP contribution in [-0.4, -0.2) is 23.7 Å². The van der Waals surface area contributed by atoms with Crippen molar-refractivity contribution in [3.63, 3.8) is 0 Å². The van der Waals surface area contributed by atoms with Crippen molar-refractivity contribution in [1.82, 2.24) is 0 Å². The number of benzene rings is 1. The number of hydrogen-bond donors (Lipinski definition) is 1. The van der Waals surface area contributed by atoms with Gasteiger partial charge in [-0.15, -0.1) is 0 Å². The predicted molar refractivity (Wildman–Crippen MR) is 77.7 cm³/mol. The summed E-state index contributed by atoms with van der Waals surface area (Å²) in [6, 6.07) is 7.11. The van der Waals surface area contributed by atoms with Crippen LogP contribution < -0.4 is 4.90 Å². The molecule has 20 heavy (non-hydrogen) atoms. The summed E-state index contributed by atoms with van der Waals surface area (Å²) < 4.78 is 0. The normalized spacial score (nSPS) is 21.3. The molecule has 0 bridgehead atoms. The van der Waals surface area contributed by atoms with Crippen LogP contribution in [0.4, 0.5) is 5.69 Å². The number of carboxylic acid groups (broad SMARTS) is 1. The minimum absolute atomic E-state index is 0.306. The van der Waals surface area contributed by atoms with Crippen LogP contribution in [0, 0.1) is 23.7 Å². The van der Waals surface area contributed by atoms with Crippen LogP contribution in [0.1, 0.15) is 37.8 Å². The Hall–Kier alpha value is -2.02. The zero-order chi connectivity index (χ0) is 14.9. The maximum Gasteiger partial charge on any atom is 0.326 e. The highest BCUT2D eigenvalue weighted by atomic mass is 16.4. The van der Waals surface area contributed by atoms with E-state index < -0.39 is 12.0 Å². The quantitative estimate of drug-likeness (QED) is 0.899. The Morgan fingerprint density at radius 2 is 2.20 bits per heavy atom. The van der Waals surface area contributed by atoms with Gasteiger partial charge in [0.05, 0.1) is 11.3 Å². The minimum Gasteiger partial charge on any atom is -0.480 e. The molecule has 1 heterocycles. The van der Waals surface area contributed by atoms with Crippen molar-refractivity contribution in [3.8, 4) is 6.07 Å². The third-order valence-electron chi connectivity index (χ3n) is 4.15. The lowest BCUT2D eigenvalue weighted by atomic mass is 9.76. The summed E-state index contributed by atoms with van der Waals surface area (Å²) in [6.07, 6.45) is 1.82. The molecule has 0 radical (unpaired) electrons. The molecule has 1 aromatic rings. The third kappa shape index (κ3) is 2.36. The zero-order valence-corrected chi connectivity index (χ0v) is 12.2. The van der Waals surface area contributed by atoms with Crippen molar-refractivity contribution in [3.05, 3.63) is 29.3 Å². The van der Waals surface area contributed by atoms with Crippen molar-refractivity contribution in [2.45, 2.75) is 39.7 Å². The van der Waals surface area contributed by atoms with Gasteiger partial charge >= 0.3 is 5.97 Å². The molecular formula is C16H20N2O2. The first-order valence-corrected chi connectivity index (χ1v) is 6.87. The van der Waals surface area contributed by atoms with Gasteiger partial charge in [0.15, 0.2) is 0 Å². The predicted octanol–water partition coefficient (Wildman–Crippen LogP) is 2.95. The Balaban J connectivity index is 2.56. The minimum atomic E-state index is -0.818. The van der Waals surface area contributed by atoms with E-state index in [9.17, 15) is 15.2 Å². The molecule has 1 aliphatic heterocycles. The van der Waals surface area contributed by atoms with Crippen LogP contribution >= 0.6 is 0 Å². The highest BCUT2D eigenvalue weighted by Crippen LogP contribution is 2.39. The van der Waals surface area contributed by atoms with Crippen LogP contribution in [0.3, 0.4) is 0 Å². The number of anilines is 1. The van der Waals surface area contributed by atoms with E-state index in [0.29, 0.717) is 12.1 Å².